The Morgan fingerprint density at radius 2 is 1.89 bits per heavy atom. The van der Waals surface area contributed by atoms with Crippen LogP contribution in [-0.2, 0) is 11.3 Å². The lowest BCUT2D eigenvalue weighted by molar-refractivity contribution is -0.117. The first-order valence-electron chi connectivity index (χ1n) is 9.55. The summed E-state index contributed by atoms with van der Waals surface area (Å²) in [4.78, 5) is 14.9. The molecule has 144 valence electrons. The molecule has 4 rings (SSSR count). The van der Waals surface area contributed by atoms with Crippen molar-refractivity contribution in [3.63, 3.8) is 0 Å². The molecule has 28 heavy (non-hydrogen) atoms. The van der Waals surface area contributed by atoms with E-state index >= 15 is 0 Å². The second-order valence-electron chi connectivity index (χ2n) is 7.05. The molecule has 6 heteroatoms. The molecule has 0 saturated carbocycles. The van der Waals surface area contributed by atoms with Gasteiger partial charge in [0.25, 0.3) is 0 Å². The number of likely N-dealkylation sites (tertiary alicyclic amines) is 1. The van der Waals surface area contributed by atoms with Crippen molar-refractivity contribution in [2.24, 2.45) is 0 Å². The van der Waals surface area contributed by atoms with Crippen molar-refractivity contribution < 1.29 is 4.79 Å². The van der Waals surface area contributed by atoms with E-state index in [-0.39, 0.29) is 5.91 Å². The number of carbonyl (C=O) groups excluding carboxylic acids is 1. The molecule has 1 fully saturated rings. The van der Waals surface area contributed by atoms with E-state index in [9.17, 15) is 4.79 Å². The summed E-state index contributed by atoms with van der Waals surface area (Å²) < 4.78 is 1.76. The van der Waals surface area contributed by atoms with Crippen LogP contribution in [0.2, 0.25) is 5.02 Å². The molecular weight excluding hydrogens is 372 g/mol. The fourth-order valence-electron chi connectivity index (χ4n) is 3.79. The Morgan fingerprint density at radius 3 is 2.71 bits per heavy atom. The molecule has 0 radical (unpaired) electrons. The normalized spacial score (nSPS) is 17.0. The molecule has 1 amide bonds. The van der Waals surface area contributed by atoms with Gasteiger partial charge in [-0.05, 0) is 36.6 Å². The van der Waals surface area contributed by atoms with Gasteiger partial charge in [0.2, 0.25) is 5.91 Å². The van der Waals surface area contributed by atoms with Gasteiger partial charge in [-0.3, -0.25) is 9.69 Å². The minimum absolute atomic E-state index is 0.0243. The fraction of sp³-hybridized carbons (Fsp3) is 0.273. The molecule has 2 heterocycles. The van der Waals surface area contributed by atoms with Crippen LogP contribution in [0.5, 0.6) is 0 Å². The summed E-state index contributed by atoms with van der Waals surface area (Å²) in [6.07, 6.45) is 3.88. The van der Waals surface area contributed by atoms with Crippen molar-refractivity contribution in [1.29, 1.82) is 0 Å². The summed E-state index contributed by atoms with van der Waals surface area (Å²) in [5.74, 6) is 0.657. The molecule has 0 aliphatic carbocycles. The monoisotopic (exact) mass is 394 g/mol. The highest BCUT2D eigenvalue weighted by Gasteiger charge is 2.27. The van der Waals surface area contributed by atoms with Gasteiger partial charge >= 0.3 is 0 Å². The van der Waals surface area contributed by atoms with Crippen molar-refractivity contribution >= 4 is 23.3 Å². The van der Waals surface area contributed by atoms with E-state index in [1.54, 1.807) is 10.9 Å². The predicted molar refractivity (Wildman–Crippen MR) is 111 cm³/mol. The summed E-state index contributed by atoms with van der Waals surface area (Å²) in [5.41, 5.74) is 2.24. The lowest BCUT2D eigenvalue weighted by Crippen LogP contribution is -2.33. The number of hydrogen-bond donors (Lipinski definition) is 1. The Bertz CT molecular complexity index is 940. The van der Waals surface area contributed by atoms with Crippen LogP contribution in [0.1, 0.15) is 30.0 Å². The van der Waals surface area contributed by atoms with Crippen molar-refractivity contribution in [3.05, 3.63) is 83.0 Å². The topological polar surface area (TPSA) is 50.2 Å². The summed E-state index contributed by atoms with van der Waals surface area (Å²) in [6.45, 7) is 1.82. The number of benzene rings is 2. The highest BCUT2D eigenvalue weighted by Crippen LogP contribution is 2.31. The molecule has 1 aliphatic rings. The lowest BCUT2D eigenvalue weighted by atomic mass is 10.0. The quantitative estimate of drug-likeness (QED) is 0.675. The van der Waals surface area contributed by atoms with E-state index in [4.69, 9.17) is 11.6 Å². The van der Waals surface area contributed by atoms with Crippen molar-refractivity contribution in [1.82, 2.24) is 14.7 Å². The van der Waals surface area contributed by atoms with Gasteiger partial charge in [-0.1, -0.05) is 60.1 Å². The summed E-state index contributed by atoms with van der Waals surface area (Å²) >= 11 is 6.25. The smallest absolute Gasteiger partial charge is 0.239 e. The number of halogens is 1. The molecule has 1 aromatic heterocycles. The molecule has 0 spiro atoms. The summed E-state index contributed by atoms with van der Waals surface area (Å²) in [5, 5.41) is 8.03. The lowest BCUT2D eigenvalue weighted by Gasteiger charge is -2.24. The maximum atomic E-state index is 12.7. The molecule has 3 aromatic rings. The van der Waals surface area contributed by atoms with E-state index in [1.165, 1.54) is 5.56 Å². The van der Waals surface area contributed by atoms with Crippen LogP contribution in [0.4, 0.5) is 5.82 Å². The molecule has 0 bridgehead atoms. The first-order valence-corrected chi connectivity index (χ1v) is 9.92. The second kappa shape index (κ2) is 8.59. The van der Waals surface area contributed by atoms with Crippen LogP contribution in [-0.4, -0.2) is 33.7 Å². The summed E-state index contributed by atoms with van der Waals surface area (Å²) in [6, 6.07) is 20.2. The number of rotatable bonds is 6. The number of carbonyl (C=O) groups is 1. The molecule has 2 aromatic carbocycles. The third-order valence-corrected chi connectivity index (χ3v) is 5.53. The number of nitrogens with one attached hydrogen (secondary N) is 1. The third kappa shape index (κ3) is 4.26. The SMILES string of the molecule is O=C(CN1CCCC1c1ccccc1)Nc1ccnn1Cc1ccccc1Cl. The van der Waals surface area contributed by atoms with E-state index in [1.807, 2.05) is 36.4 Å². The largest absolute Gasteiger partial charge is 0.310 e. The van der Waals surface area contributed by atoms with E-state index in [0.717, 1.165) is 24.9 Å². The van der Waals surface area contributed by atoms with E-state index in [2.05, 4.69) is 39.6 Å². The molecule has 5 nitrogen and oxygen atoms in total. The first-order chi connectivity index (χ1) is 13.7. The van der Waals surface area contributed by atoms with Crippen molar-refractivity contribution in [2.45, 2.75) is 25.4 Å². The maximum absolute atomic E-state index is 12.7. The van der Waals surface area contributed by atoms with Crippen LogP contribution < -0.4 is 5.32 Å². The second-order valence-corrected chi connectivity index (χ2v) is 7.46. The molecule has 1 N–H and O–H groups in total. The highest BCUT2D eigenvalue weighted by molar-refractivity contribution is 6.31. The minimum atomic E-state index is -0.0243. The van der Waals surface area contributed by atoms with Gasteiger partial charge in [-0.15, -0.1) is 0 Å². The average molecular weight is 395 g/mol. The van der Waals surface area contributed by atoms with Crippen LogP contribution in [0, 0.1) is 0 Å². The van der Waals surface area contributed by atoms with Gasteiger partial charge in [0.05, 0.1) is 19.3 Å². The van der Waals surface area contributed by atoms with E-state index < -0.39 is 0 Å². The van der Waals surface area contributed by atoms with Crippen LogP contribution >= 0.6 is 11.6 Å². The van der Waals surface area contributed by atoms with Crippen LogP contribution in [0.3, 0.4) is 0 Å². The molecule has 1 saturated heterocycles. The van der Waals surface area contributed by atoms with Gasteiger partial charge < -0.3 is 5.32 Å². The molecular formula is C22H23ClN4O. The fourth-order valence-corrected chi connectivity index (χ4v) is 3.98. The van der Waals surface area contributed by atoms with Gasteiger partial charge in [-0.2, -0.15) is 5.10 Å². The molecule has 1 aliphatic heterocycles. The Morgan fingerprint density at radius 1 is 1.11 bits per heavy atom. The average Bonchev–Trinajstić information content (AvgIpc) is 3.34. The van der Waals surface area contributed by atoms with Crippen molar-refractivity contribution in [2.75, 3.05) is 18.4 Å². The standard InChI is InChI=1S/C22H23ClN4O/c23-19-10-5-4-9-18(19)15-27-21(12-13-24-27)25-22(28)16-26-14-6-11-20(26)17-7-2-1-3-8-17/h1-5,7-10,12-13,20H,6,11,14-16H2,(H,25,28). The Balaban J connectivity index is 1.41. The summed E-state index contributed by atoms with van der Waals surface area (Å²) in [7, 11) is 0. The minimum Gasteiger partial charge on any atom is -0.310 e. The Labute approximate surface area is 169 Å². The number of aromatic nitrogens is 2. The number of amides is 1. The zero-order valence-electron chi connectivity index (χ0n) is 15.6. The third-order valence-electron chi connectivity index (χ3n) is 5.16. The van der Waals surface area contributed by atoms with Gasteiger partial charge in [0.1, 0.15) is 5.82 Å². The predicted octanol–water partition coefficient (Wildman–Crippen LogP) is 4.36. The molecule has 1 unspecified atom stereocenters. The maximum Gasteiger partial charge on any atom is 0.239 e. The van der Waals surface area contributed by atoms with Gasteiger partial charge in [-0.25, -0.2) is 4.68 Å². The van der Waals surface area contributed by atoms with Crippen molar-refractivity contribution in [3.8, 4) is 0 Å². The zero-order valence-corrected chi connectivity index (χ0v) is 16.3. The highest BCUT2D eigenvalue weighted by atomic mass is 35.5. The zero-order chi connectivity index (χ0) is 19.3. The first kappa shape index (κ1) is 18.7. The number of hydrogen-bond acceptors (Lipinski definition) is 3. The van der Waals surface area contributed by atoms with Gasteiger partial charge in [0.15, 0.2) is 0 Å². The Hall–Kier alpha value is -2.63. The number of nitrogens with zero attached hydrogens (tertiary/aromatic N) is 3. The molecule has 1 atom stereocenters. The van der Waals surface area contributed by atoms with Gasteiger partial charge in [0, 0.05) is 17.1 Å². The Kier molecular flexibility index (Phi) is 5.74. The number of anilines is 1. The van der Waals surface area contributed by atoms with E-state index in [0.29, 0.717) is 30.0 Å². The van der Waals surface area contributed by atoms with Crippen LogP contribution in [0.25, 0.3) is 0 Å². The van der Waals surface area contributed by atoms with Crippen LogP contribution in [0.15, 0.2) is 66.9 Å².